The van der Waals surface area contributed by atoms with Gasteiger partial charge in [0.1, 0.15) is 5.60 Å². The van der Waals surface area contributed by atoms with Gasteiger partial charge in [0.25, 0.3) is 0 Å². The Bertz CT molecular complexity index is 299. The van der Waals surface area contributed by atoms with Gasteiger partial charge in [0.15, 0.2) is 0 Å². The van der Waals surface area contributed by atoms with Crippen LogP contribution in [0.15, 0.2) is 0 Å². The summed E-state index contributed by atoms with van der Waals surface area (Å²) in [5, 5.41) is 1.06. The standard InChI is InChI=1S/C14H24BrNO2/c1-14(2,3)18-13(17)16-11-5-4-6-12(16)8-10(7-11)9-15/h10-12H,4-9H2,1-3H3. The monoisotopic (exact) mass is 317 g/mol. The van der Waals surface area contributed by atoms with Crippen LogP contribution >= 0.6 is 15.9 Å². The van der Waals surface area contributed by atoms with E-state index in [1.807, 2.05) is 25.7 Å². The van der Waals surface area contributed by atoms with Crippen molar-refractivity contribution in [1.29, 1.82) is 0 Å². The van der Waals surface area contributed by atoms with Crippen LogP contribution in [0.2, 0.25) is 0 Å². The molecule has 2 bridgehead atoms. The Morgan fingerprint density at radius 3 is 2.28 bits per heavy atom. The average molecular weight is 318 g/mol. The van der Waals surface area contributed by atoms with Crippen LogP contribution in [0.25, 0.3) is 0 Å². The molecule has 2 unspecified atom stereocenters. The van der Waals surface area contributed by atoms with E-state index in [4.69, 9.17) is 4.74 Å². The summed E-state index contributed by atoms with van der Waals surface area (Å²) >= 11 is 3.59. The zero-order valence-corrected chi connectivity index (χ0v) is 13.2. The van der Waals surface area contributed by atoms with Gasteiger partial charge in [0, 0.05) is 17.4 Å². The normalized spacial score (nSPS) is 32.2. The van der Waals surface area contributed by atoms with E-state index in [0.717, 1.165) is 36.9 Å². The van der Waals surface area contributed by atoms with Crippen LogP contribution in [0.3, 0.4) is 0 Å². The van der Waals surface area contributed by atoms with Gasteiger partial charge in [-0.1, -0.05) is 15.9 Å². The maximum Gasteiger partial charge on any atom is 0.410 e. The number of alkyl halides is 1. The molecule has 18 heavy (non-hydrogen) atoms. The minimum Gasteiger partial charge on any atom is -0.444 e. The molecule has 2 saturated heterocycles. The highest BCUT2D eigenvalue weighted by Crippen LogP contribution is 2.38. The third-order valence-corrected chi connectivity index (χ3v) is 4.81. The number of halogens is 1. The summed E-state index contributed by atoms with van der Waals surface area (Å²) in [6, 6.07) is 0.796. The lowest BCUT2D eigenvalue weighted by molar-refractivity contribution is -0.0258. The maximum atomic E-state index is 12.3. The van der Waals surface area contributed by atoms with Crippen molar-refractivity contribution in [2.45, 2.75) is 70.6 Å². The average Bonchev–Trinajstić information content (AvgIpc) is 2.24. The van der Waals surface area contributed by atoms with Gasteiger partial charge in [-0.15, -0.1) is 0 Å². The molecule has 2 aliphatic heterocycles. The van der Waals surface area contributed by atoms with Gasteiger partial charge in [-0.05, 0) is 58.8 Å². The van der Waals surface area contributed by atoms with E-state index in [9.17, 15) is 4.79 Å². The van der Waals surface area contributed by atoms with Crippen molar-refractivity contribution in [3.63, 3.8) is 0 Å². The first kappa shape index (κ1) is 14.2. The molecule has 0 N–H and O–H groups in total. The molecule has 4 heteroatoms. The zero-order valence-electron chi connectivity index (χ0n) is 11.6. The summed E-state index contributed by atoms with van der Waals surface area (Å²) in [4.78, 5) is 14.3. The van der Waals surface area contributed by atoms with Crippen molar-refractivity contribution in [2.75, 3.05) is 5.33 Å². The van der Waals surface area contributed by atoms with Crippen LogP contribution in [0.1, 0.15) is 52.9 Å². The van der Waals surface area contributed by atoms with Gasteiger partial charge in [-0.2, -0.15) is 0 Å². The van der Waals surface area contributed by atoms with Crippen molar-refractivity contribution >= 4 is 22.0 Å². The van der Waals surface area contributed by atoms with Crippen molar-refractivity contribution < 1.29 is 9.53 Å². The molecule has 0 spiro atoms. The largest absolute Gasteiger partial charge is 0.444 e. The highest BCUT2D eigenvalue weighted by Gasteiger charge is 2.42. The lowest BCUT2D eigenvalue weighted by atomic mass is 9.79. The zero-order chi connectivity index (χ0) is 13.3. The van der Waals surface area contributed by atoms with E-state index in [2.05, 4.69) is 15.9 Å². The summed E-state index contributed by atoms with van der Waals surface area (Å²) in [5.41, 5.74) is -0.391. The fourth-order valence-electron chi connectivity index (χ4n) is 3.23. The summed E-state index contributed by atoms with van der Waals surface area (Å²) in [7, 11) is 0. The first-order valence-corrected chi connectivity index (χ1v) is 8.10. The third kappa shape index (κ3) is 3.19. The Kier molecular flexibility index (Phi) is 4.25. The number of carbonyl (C=O) groups is 1. The van der Waals surface area contributed by atoms with E-state index >= 15 is 0 Å². The molecule has 2 heterocycles. The molecule has 104 valence electrons. The fourth-order valence-corrected chi connectivity index (χ4v) is 3.76. The van der Waals surface area contributed by atoms with Crippen LogP contribution in [-0.4, -0.2) is 34.0 Å². The number of ether oxygens (including phenoxy) is 1. The predicted molar refractivity (Wildman–Crippen MR) is 76.0 cm³/mol. The molecule has 0 aromatic heterocycles. The lowest BCUT2D eigenvalue weighted by Gasteiger charge is -2.48. The number of piperidine rings is 2. The van der Waals surface area contributed by atoms with Gasteiger partial charge in [-0.25, -0.2) is 4.79 Å². The lowest BCUT2D eigenvalue weighted by Crippen LogP contribution is -2.56. The molecule has 1 amide bonds. The van der Waals surface area contributed by atoms with Crippen LogP contribution in [-0.2, 0) is 4.74 Å². The number of fused-ring (bicyclic) bond motifs is 2. The molecule has 0 aromatic rings. The molecule has 2 fully saturated rings. The van der Waals surface area contributed by atoms with Gasteiger partial charge in [-0.3, -0.25) is 0 Å². The van der Waals surface area contributed by atoms with Crippen molar-refractivity contribution in [3.05, 3.63) is 0 Å². The third-order valence-electron chi connectivity index (χ3n) is 3.89. The first-order chi connectivity index (χ1) is 8.40. The predicted octanol–water partition coefficient (Wildman–Crippen LogP) is 3.95. The number of nitrogens with zero attached hydrogens (tertiary/aromatic N) is 1. The minimum atomic E-state index is -0.391. The van der Waals surface area contributed by atoms with Crippen LogP contribution < -0.4 is 0 Å². The molecular formula is C14H24BrNO2. The summed E-state index contributed by atoms with van der Waals surface area (Å²) < 4.78 is 5.56. The topological polar surface area (TPSA) is 29.5 Å². The molecule has 0 aromatic carbocycles. The van der Waals surface area contributed by atoms with E-state index in [-0.39, 0.29) is 6.09 Å². The van der Waals surface area contributed by atoms with Gasteiger partial charge >= 0.3 is 6.09 Å². The van der Waals surface area contributed by atoms with Crippen molar-refractivity contribution in [2.24, 2.45) is 5.92 Å². The molecule has 0 saturated carbocycles. The molecular weight excluding hydrogens is 294 g/mol. The molecule has 2 aliphatic rings. The second kappa shape index (κ2) is 5.40. The van der Waals surface area contributed by atoms with Gasteiger partial charge < -0.3 is 9.64 Å². The van der Waals surface area contributed by atoms with Crippen molar-refractivity contribution in [3.8, 4) is 0 Å². The first-order valence-electron chi connectivity index (χ1n) is 6.98. The number of hydrogen-bond acceptors (Lipinski definition) is 2. The molecule has 2 atom stereocenters. The quantitative estimate of drug-likeness (QED) is 0.685. The highest BCUT2D eigenvalue weighted by atomic mass is 79.9. The Morgan fingerprint density at radius 2 is 1.83 bits per heavy atom. The minimum absolute atomic E-state index is 0.106. The Balaban J connectivity index is 2.06. The Hall–Kier alpha value is -0.250. The highest BCUT2D eigenvalue weighted by molar-refractivity contribution is 9.09. The van der Waals surface area contributed by atoms with Gasteiger partial charge in [0.05, 0.1) is 0 Å². The number of rotatable bonds is 1. The van der Waals surface area contributed by atoms with Crippen molar-refractivity contribution in [1.82, 2.24) is 4.90 Å². The summed E-state index contributed by atoms with van der Waals surface area (Å²) in [6.07, 6.45) is 5.68. The van der Waals surface area contributed by atoms with E-state index < -0.39 is 5.60 Å². The maximum absolute atomic E-state index is 12.3. The van der Waals surface area contributed by atoms with Gasteiger partial charge in [0.2, 0.25) is 0 Å². The Labute approximate surface area is 118 Å². The fraction of sp³-hybridized carbons (Fsp3) is 0.929. The smallest absolute Gasteiger partial charge is 0.410 e. The van der Waals surface area contributed by atoms with E-state index in [1.165, 1.54) is 6.42 Å². The Morgan fingerprint density at radius 1 is 1.28 bits per heavy atom. The second-order valence-corrected chi connectivity index (χ2v) is 7.27. The molecule has 0 radical (unpaired) electrons. The van der Waals surface area contributed by atoms with E-state index in [1.54, 1.807) is 0 Å². The number of carbonyl (C=O) groups excluding carboxylic acids is 1. The van der Waals surface area contributed by atoms with E-state index in [0.29, 0.717) is 12.1 Å². The molecule has 0 aliphatic carbocycles. The summed E-state index contributed by atoms with van der Waals surface area (Å²) in [6.45, 7) is 5.81. The number of hydrogen-bond donors (Lipinski definition) is 0. The molecule has 2 rings (SSSR count). The second-order valence-electron chi connectivity index (χ2n) is 6.62. The molecule has 3 nitrogen and oxygen atoms in total. The number of amides is 1. The van der Waals surface area contributed by atoms with Crippen LogP contribution in [0.5, 0.6) is 0 Å². The van der Waals surface area contributed by atoms with Crippen LogP contribution in [0, 0.1) is 5.92 Å². The summed E-state index contributed by atoms with van der Waals surface area (Å²) in [5.74, 6) is 0.721. The SMILES string of the molecule is CC(C)(C)OC(=O)N1C2CCCC1CC(CBr)C2. The van der Waals surface area contributed by atoms with Crippen LogP contribution in [0.4, 0.5) is 4.79 Å².